The van der Waals surface area contributed by atoms with Gasteiger partial charge in [-0.3, -0.25) is 5.04 Å². The summed E-state index contributed by atoms with van der Waals surface area (Å²) in [5.41, 5.74) is 2.94. The molecular weight excluding hydrogens is 795 g/mol. The van der Waals surface area contributed by atoms with E-state index in [0.29, 0.717) is 39.8 Å². The normalized spacial score (nSPS) is 10.9. The molecule has 2 aromatic heterocycles. The molecular formula is C35H32N12Na2O6S2. The van der Waals surface area contributed by atoms with E-state index in [2.05, 4.69) is 65.9 Å². The van der Waals surface area contributed by atoms with Crippen LogP contribution in [0, 0.1) is 0 Å². The Kier molecular flexibility index (Phi) is 17.0. The molecule has 0 unspecified atom stereocenters. The van der Waals surface area contributed by atoms with Crippen LogP contribution in [0.25, 0.3) is 12.2 Å². The maximum Gasteiger partial charge on any atom is 1.00 e. The molecule has 4 aromatic carbocycles. The van der Waals surface area contributed by atoms with Crippen LogP contribution >= 0.6 is 12.0 Å². The van der Waals surface area contributed by atoms with Crippen molar-refractivity contribution in [1.29, 1.82) is 0 Å². The summed E-state index contributed by atoms with van der Waals surface area (Å²) < 4.78 is 42.3. The molecule has 18 nitrogen and oxygen atoms in total. The molecule has 0 aliphatic carbocycles. The molecule has 0 fully saturated rings. The molecule has 22 heteroatoms. The van der Waals surface area contributed by atoms with Crippen molar-refractivity contribution >= 4 is 92.8 Å². The fourth-order valence-corrected chi connectivity index (χ4v) is 6.16. The molecule has 6 rings (SSSR count). The van der Waals surface area contributed by atoms with Gasteiger partial charge in [-0.1, -0.05) is 60.7 Å². The third-order valence-corrected chi connectivity index (χ3v) is 9.13. The number of hydrogen-bond acceptors (Lipinski definition) is 19. The number of nitrogens with zero attached hydrogens (tertiary/aromatic N) is 7. The Morgan fingerprint density at radius 3 is 1.70 bits per heavy atom. The van der Waals surface area contributed by atoms with Gasteiger partial charge in [-0.2, -0.15) is 34.2 Å². The molecule has 0 aliphatic rings. The summed E-state index contributed by atoms with van der Waals surface area (Å²) in [4.78, 5) is 27.8. The fraction of sp³-hybridized carbons (Fsp3) is 0.0857. The average Bonchev–Trinajstić information content (AvgIpc) is 3.19. The van der Waals surface area contributed by atoms with Crippen LogP contribution in [0.5, 0.6) is 0 Å². The minimum Gasteiger partial charge on any atom is -0.744 e. The molecule has 0 atom stereocenters. The van der Waals surface area contributed by atoms with Gasteiger partial charge >= 0.3 is 59.1 Å². The summed E-state index contributed by atoms with van der Waals surface area (Å²) in [6.45, 7) is 0. The number of rotatable bonds is 16. The SMILES string of the molecule is CNc1nc(Nc2ccccc2)nc(Nc2ccc(/C=C/c3ccc(N(C)c4nc(NC)nc(Nc5ccccc5)n4)cc3S(=O)(=O)[O-])c(SOO[O-])c2)n1.[Na+].[Na+]. The van der Waals surface area contributed by atoms with Crippen molar-refractivity contribution in [2.45, 2.75) is 9.79 Å². The Balaban J connectivity index is 0.00000360. The van der Waals surface area contributed by atoms with Gasteiger partial charge in [-0.05, 0) is 59.7 Å². The maximum atomic E-state index is 12.6. The van der Waals surface area contributed by atoms with Gasteiger partial charge in [0, 0.05) is 48.8 Å². The maximum absolute atomic E-state index is 12.6. The van der Waals surface area contributed by atoms with E-state index in [1.165, 1.54) is 23.1 Å². The van der Waals surface area contributed by atoms with Crippen LogP contribution in [0.3, 0.4) is 0 Å². The second-order valence-corrected chi connectivity index (χ2v) is 13.3. The predicted octanol–water partition coefficient (Wildman–Crippen LogP) is -0.548. The minimum atomic E-state index is -4.97. The quantitative estimate of drug-likeness (QED) is 0.0206. The monoisotopic (exact) mass is 826 g/mol. The molecule has 0 bridgehead atoms. The van der Waals surface area contributed by atoms with Crippen LogP contribution in [0.15, 0.2) is 107 Å². The van der Waals surface area contributed by atoms with E-state index < -0.39 is 15.0 Å². The van der Waals surface area contributed by atoms with Crippen molar-refractivity contribution in [3.63, 3.8) is 0 Å². The molecule has 0 radical (unpaired) electrons. The molecule has 6 aromatic rings. The third-order valence-electron chi connectivity index (χ3n) is 7.58. The van der Waals surface area contributed by atoms with Crippen molar-refractivity contribution in [2.24, 2.45) is 0 Å². The van der Waals surface area contributed by atoms with Crippen LogP contribution in [0.4, 0.5) is 58.4 Å². The average molecular weight is 827 g/mol. The summed E-state index contributed by atoms with van der Waals surface area (Å²) in [5, 5.41) is 29.5. The van der Waals surface area contributed by atoms with E-state index in [4.69, 9.17) is 0 Å². The van der Waals surface area contributed by atoms with Crippen LogP contribution in [0.1, 0.15) is 11.1 Å². The third kappa shape index (κ3) is 12.5. The number of hydrogen-bond donors (Lipinski definition) is 5. The van der Waals surface area contributed by atoms with Gasteiger partial charge in [0.15, 0.2) is 0 Å². The Morgan fingerprint density at radius 2 is 1.14 bits per heavy atom. The Labute approximate surface area is 376 Å². The molecule has 0 aliphatic heterocycles. The van der Waals surface area contributed by atoms with Crippen molar-refractivity contribution in [3.8, 4) is 0 Å². The summed E-state index contributed by atoms with van der Waals surface area (Å²) in [7, 11) is -0.0188. The summed E-state index contributed by atoms with van der Waals surface area (Å²) in [6.07, 6.45) is 3.01. The summed E-state index contributed by atoms with van der Waals surface area (Å²) in [5.74, 6) is 1.47. The Hall–Kier alpha value is -4.42. The molecule has 2 heterocycles. The molecule has 0 saturated carbocycles. The van der Waals surface area contributed by atoms with Gasteiger partial charge in [-0.25, -0.2) is 8.42 Å². The van der Waals surface area contributed by atoms with Gasteiger partial charge in [0.05, 0.1) is 16.9 Å². The van der Waals surface area contributed by atoms with E-state index in [9.17, 15) is 18.2 Å². The topological polar surface area (TPSA) is 239 Å². The van der Waals surface area contributed by atoms with Gasteiger partial charge < -0.3 is 41.3 Å². The van der Waals surface area contributed by atoms with Gasteiger partial charge in [0.25, 0.3) is 0 Å². The van der Waals surface area contributed by atoms with E-state index in [1.807, 2.05) is 60.7 Å². The van der Waals surface area contributed by atoms with E-state index in [1.54, 1.807) is 51.5 Å². The van der Waals surface area contributed by atoms with Crippen LogP contribution in [-0.2, 0) is 19.5 Å². The number of anilines is 10. The first-order valence-corrected chi connectivity index (χ1v) is 18.3. The smallest absolute Gasteiger partial charge is 0.744 e. The predicted molar refractivity (Wildman–Crippen MR) is 207 cm³/mol. The Morgan fingerprint density at radius 1 is 0.649 bits per heavy atom. The van der Waals surface area contributed by atoms with Crippen molar-refractivity contribution < 1.29 is 86.7 Å². The largest absolute Gasteiger partial charge is 1.00 e. The van der Waals surface area contributed by atoms with Crippen LogP contribution in [-0.4, -0.2) is 64.0 Å². The second kappa shape index (κ2) is 21.4. The van der Waals surface area contributed by atoms with Crippen LogP contribution < -0.4 is 95.9 Å². The zero-order valence-electron chi connectivity index (χ0n) is 31.3. The zero-order chi connectivity index (χ0) is 38.8. The number of benzene rings is 4. The number of nitrogens with one attached hydrogen (secondary N) is 5. The molecule has 0 spiro atoms. The number of aromatic nitrogens is 6. The summed E-state index contributed by atoms with van der Waals surface area (Å²) in [6, 6.07) is 28.0. The first-order valence-electron chi connectivity index (χ1n) is 16.2. The van der Waals surface area contributed by atoms with Crippen molar-refractivity contribution in [3.05, 3.63) is 108 Å². The van der Waals surface area contributed by atoms with E-state index in [-0.39, 0.29) is 94.4 Å². The first-order chi connectivity index (χ1) is 26.6. The fourth-order valence-electron chi connectivity index (χ4n) is 4.97. The zero-order valence-corrected chi connectivity index (χ0v) is 36.9. The van der Waals surface area contributed by atoms with Crippen LogP contribution in [0.2, 0.25) is 0 Å². The molecule has 0 amide bonds. The van der Waals surface area contributed by atoms with Crippen molar-refractivity contribution in [1.82, 2.24) is 29.9 Å². The molecule has 282 valence electrons. The Bertz CT molecular complexity index is 2410. The van der Waals surface area contributed by atoms with Gasteiger partial charge in [0.1, 0.15) is 10.1 Å². The second-order valence-electron chi connectivity index (χ2n) is 11.2. The molecule has 0 saturated heterocycles. The van der Waals surface area contributed by atoms with Gasteiger partial charge in [0.2, 0.25) is 35.7 Å². The minimum absolute atomic E-state index is 0. The summed E-state index contributed by atoms with van der Waals surface area (Å²) >= 11 is 0.618. The van der Waals surface area contributed by atoms with E-state index >= 15 is 0 Å². The molecule has 57 heavy (non-hydrogen) atoms. The molecule has 5 N–H and O–H groups in total. The first kappa shape index (κ1) is 45.3. The standard InChI is InChI=1S/C35H34N12O6S2.2Na/c1-36-30-41-32(38-24-10-6-4-7-11-24)44-33(42-30)40-26-18-16-22(28(20-26)54-53-52-48)14-15-23-17-19-27(21-29(23)55(49,50)51)47(3)35-45-31(37-2)43-34(46-35)39-25-12-8-5-9-13-25;;/h4-21,48H,1-3H3,(H,49,50,51)(H2,37,39,43,45,46)(H3,36,38,40,41,42,44);;/q;2*+1/p-2/b15-14+;;. The van der Waals surface area contributed by atoms with Crippen molar-refractivity contribution in [2.75, 3.05) is 52.6 Å². The van der Waals surface area contributed by atoms with Gasteiger partial charge in [-0.15, -0.1) is 0 Å². The number of para-hydroxylation sites is 2. The van der Waals surface area contributed by atoms with E-state index in [0.717, 1.165) is 11.4 Å².